The van der Waals surface area contributed by atoms with Crippen molar-refractivity contribution >= 4 is 17.5 Å². The molecule has 2 aliphatic rings. The lowest BCUT2D eigenvalue weighted by molar-refractivity contribution is -0.899. The van der Waals surface area contributed by atoms with E-state index >= 15 is 0 Å². The van der Waals surface area contributed by atoms with Crippen LogP contribution in [0.25, 0.3) is 0 Å². The van der Waals surface area contributed by atoms with Crippen LogP contribution in [0.3, 0.4) is 0 Å². The number of amides is 2. The number of primary amides is 1. The third-order valence-corrected chi connectivity index (χ3v) is 6.20. The van der Waals surface area contributed by atoms with Crippen molar-refractivity contribution in [1.82, 2.24) is 5.01 Å². The molecule has 1 saturated heterocycles. The summed E-state index contributed by atoms with van der Waals surface area (Å²) in [7, 11) is 1.64. The number of nitrogens with two attached hydrogens (primary N) is 1. The minimum Gasteiger partial charge on any atom is -0.497 e. The van der Waals surface area contributed by atoms with Crippen molar-refractivity contribution in [3.63, 3.8) is 0 Å². The van der Waals surface area contributed by atoms with Gasteiger partial charge in [0.15, 0.2) is 6.54 Å². The molecule has 3 N–H and O–H groups in total. The number of hydrogen-bond acceptors (Lipinski definition) is 4. The second kappa shape index (κ2) is 9.31. The zero-order valence-electron chi connectivity index (χ0n) is 17.8. The second-order valence-electron chi connectivity index (χ2n) is 8.27. The fraction of sp³-hybridized carbons (Fsp3) is 0.375. The van der Waals surface area contributed by atoms with E-state index in [0.717, 1.165) is 46.9 Å². The molecule has 4 rings (SSSR count). The third-order valence-electron chi connectivity index (χ3n) is 6.20. The van der Waals surface area contributed by atoms with E-state index in [1.165, 1.54) is 0 Å². The number of methoxy groups -OCH3 is 1. The van der Waals surface area contributed by atoms with E-state index in [2.05, 4.69) is 0 Å². The van der Waals surface area contributed by atoms with Gasteiger partial charge in [-0.1, -0.05) is 42.5 Å². The molecule has 2 heterocycles. The van der Waals surface area contributed by atoms with Gasteiger partial charge in [-0.05, 0) is 36.1 Å². The summed E-state index contributed by atoms with van der Waals surface area (Å²) in [6.07, 6.45) is 2.36. The molecule has 0 aromatic heterocycles. The van der Waals surface area contributed by atoms with Gasteiger partial charge in [-0.3, -0.25) is 9.59 Å². The van der Waals surface area contributed by atoms with E-state index < -0.39 is 0 Å². The molecule has 0 spiro atoms. The molecular formula is C24H29N4O3+. The Hall–Kier alpha value is -3.19. The van der Waals surface area contributed by atoms with Gasteiger partial charge in [0.1, 0.15) is 5.75 Å². The highest BCUT2D eigenvalue weighted by atomic mass is 16.5. The van der Waals surface area contributed by atoms with Gasteiger partial charge < -0.3 is 15.4 Å². The number of carbonyl (C=O) groups excluding carboxylic acids is 2. The summed E-state index contributed by atoms with van der Waals surface area (Å²) in [5.41, 5.74) is 8.45. The predicted molar refractivity (Wildman–Crippen MR) is 118 cm³/mol. The van der Waals surface area contributed by atoms with Gasteiger partial charge in [0.05, 0.1) is 37.9 Å². The zero-order chi connectivity index (χ0) is 21.8. The van der Waals surface area contributed by atoms with Gasteiger partial charge in [0.2, 0.25) is 5.91 Å². The maximum Gasteiger partial charge on any atom is 0.298 e. The van der Waals surface area contributed by atoms with Crippen LogP contribution in [-0.2, 0) is 9.59 Å². The first-order chi connectivity index (χ1) is 15.0. The first-order valence-electron chi connectivity index (χ1n) is 10.8. The number of ether oxygens (including phenoxy) is 1. The zero-order valence-corrected chi connectivity index (χ0v) is 17.8. The molecule has 7 heteroatoms. The van der Waals surface area contributed by atoms with Gasteiger partial charge in [0.25, 0.3) is 5.91 Å². The Balaban J connectivity index is 1.56. The molecule has 0 radical (unpaired) electrons. The fourth-order valence-electron chi connectivity index (χ4n) is 4.48. The van der Waals surface area contributed by atoms with Crippen LogP contribution in [0, 0.1) is 5.92 Å². The Morgan fingerprint density at radius 1 is 1.16 bits per heavy atom. The number of carbonyl (C=O) groups is 2. The lowest BCUT2D eigenvalue weighted by Gasteiger charge is -2.29. The van der Waals surface area contributed by atoms with Crippen molar-refractivity contribution in [2.45, 2.75) is 25.3 Å². The first kappa shape index (κ1) is 21.1. The molecule has 1 fully saturated rings. The van der Waals surface area contributed by atoms with Crippen LogP contribution < -0.4 is 15.4 Å². The van der Waals surface area contributed by atoms with Crippen LogP contribution >= 0.6 is 0 Å². The average molecular weight is 422 g/mol. The van der Waals surface area contributed by atoms with Crippen molar-refractivity contribution in [2.24, 2.45) is 16.8 Å². The highest BCUT2D eigenvalue weighted by molar-refractivity contribution is 6.03. The SMILES string of the molecule is COc1ccc([C@H]2CC(c3ccccc3)=NN2C(=O)C[NH+]2CCC[C@H](C(N)=O)C2)cc1. The van der Waals surface area contributed by atoms with Crippen molar-refractivity contribution in [2.75, 3.05) is 26.7 Å². The van der Waals surface area contributed by atoms with Crippen LogP contribution in [0.1, 0.15) is 36.4 Å². The summed E-state index contributed by atoms with van der Waals surface area (Å²) in [5.74, 6) is 0.313. The number of likely N-dealkylation sites (tertiary alicyclic amines) is 1. The molecule has 2 amide bonds. The van der Waals surface area contributed by atoms with Crippen LogP contribution in [0.2, 0.25) is 0 Å². The van der Waals surface area contributed by atoms with E-state index in [1.807, 2.05) is 54.6 Å². The van der Waals surface area contributed by atoms with Crippen molar-refractivity contribution in [3.8, 4) is 5.75 Å². The van der Waals surface area contributed by atoms with Crippen molar-refractivity contribution in [3.05, 3.63) is 65.7 Å². The molecule has 31 heavy (non-hydrogen) atoms. The number of nitrogens with one attached hydrogen (secondary N) is 1. The van der Waals surface area contributed by atoms with Crippen LogP contribution in [0.5, 0.6) is 5.75 Å². The van der Waals surface area contributed by atoms with Gasteiger partial charge in [0, 0.05) is 6.42 Å². The maximum atomic E-state index is 13.3. The minimum absolute atomic E-state index is 0.0353. The van der Waals surface area contributed by atoms with Crippen LogP contribution in [-0.4, -0.2) is 49.3 Å². The number of nitrogens with zero attached hydrogens (tertiary/aromatic N) is 2. The number of benzene rings is 2. The molecular weight excluding hydrogens is 392 g/mol. The minimum atomic E-state index is -0.272. The lowest BCUT2D eigenvalue weighted by atomic mass is 9.97. The summed E-state index contributed by atoms with van der Waals surface area (Å²) in [6, 6.07) is 17.6. The number of quaternary nitrogens is 1. The lowest BCUT2D eigenvalue weighted by Crippen LogP contribution is -3.14. The highest BCUT2D eigenvalue weighted by Crippen LogP contribution is 2.33. The van der Waals surface area contributed by atoms with Gasteiger partial charge >= 0.3 is 0 Å². The number of piperidine rings is 1. The fourth-order valence-corrected chi connectivity index (χ4v) is 4.48. The topological polar surface area (TPSA) is 89.4 Å². The number of hydrazone groups is 1. The molecule has 0 aliphatic carbocycles. The summed E-state index contributed by atoms with van der Waals surface area (Å²) >= 11 is 0. The molecule has 162 valence electrons. The summed E-state index contributed by atoms with van der Waals surface area (Å²) in [5, 5.41) is 6.37. The molecule has 3 atom stereocenters. The van der Waals surface area contributed by atoms with Crippen molar-refractivity contribution in [1.29, 1.82) is 0 Å². The monoisotopic (exact) mass is 421 g/mol. The first-order valence-corrected chi connectivity index (χ1v) is 10.8. The number of rotatable bonds is 6. The van der Waals surface area contributed by atoms with Gasteiger partial charge in [-0.25, -0.2) is 5.01 Å². The quantitative estimate of drug-likeness (QED) is 0.733. The normalized spacial score (nSPS) is 23.3. The van der Waals surface area contributed by atoms with E-state index in [9.17, 15) is 9.59 Å². The smallest absolute Gasteiger partial charge is 0.298 e. The second-order valence-corrected chi connectivity index (χ2v) is 8.27. The Kier molecular flexibility index (Phi) is 6.32. The Bertz CT molecular complexity index is 959. The molecule has 2 aromatic carbocycles. The molecule has 2 aliphatic heterocycles. The van der Waals surface area contributed by atoms with E-state index in [-0.39, 0.29) is 23.8 Å². The average Bonchev–Trinajstić information content (AvgIpc) is 3.25. The van der Waals surface area contributed by atoms with Crippen LogP contribution in [0.15, 0.2) is 59.7 Å². The maximum absolute atomic E-state index is 13.3. The Labute approximate surface area is 182 Å². The Morgan fingerprint density at radius 3 is 2.58 bits per heavy atom. The highest BCUT2D eigenvalue weighted by Gasteiger charge is 2.36. The van der Waals surface area contributed by atoms with Crippen molar-refractivity contribution < 1.29 is 19.2 Å². The largest absolute Gasteiger partial charge is 0.497 e. The molecule has 1 unspecified atom stereocenters. The predicted octanol–water partition coefficient (Wildman–Crippen LogP) is 1.15. The third kappa shape index (κ3) is 4.77. The van der Waals surface area contributed by atoms with E-state index in [4.69, 9.17) is 15.6 Å². The molecule has 0 bridgehead atoms. The van der Waals surface area contributed by atoms with E-state index in [0.29, 0.717) is 19.5 Å². The molecule has 2 aromatic rings. The van der Waals surface area contributed by atoms with Gasteiger partial charge in [-0.15, -0.1) is 0 Å². The number of hydrogen-bond donors (Lipinski definition) is 2. The standard InChI is InChI=1S/C24H28N4O3/c1-31-20-11-9-18(10-12-20)22-14-21(17-6-3-2-4-7-17)26-28(22)23(29)16-27-13-5-8-19(15-27)24(25)30/h2-4,6-7,9-12,19,22H,5,8,13-16H2,1H3,(H2,25,30)/p+1/t19-,22+/m0/s1. The molecule has 0 saturated carbocycles. The summed E-state index contributed by atoms with van der Waals surface area (Å²) < 4.78 is 5.28. The molecule has 7 nitrogen and oxygen atoms in total. The Morgan fingerprint density at radius 2 is 1.90 bits per heavy atom. The summed E-state index contributed by atoms with van der Waals surface area (Å²) in [4.78, 5) is 26.0. The van der Waals surface area contributed by atoms with Crippen LogP contribution in [0.4, 0.5) is 0 Å². The van der Waals surface area contributed by atoms with Gasteiger partial charge in [-0.2, -0.15) is 5.10 Å². The summed E-state index contributed by atoms with van der Waals surface area (Å²) in [6.45, 7) is 1.78. The van der Waals surface area contributed by atoms with E-state index in [1.54, 1.807) is 12.1 Å².